The van der Waals surface area contributed by atoms with E-state index in [1.807, 2.05) is 13.8 Å². The minimum Gasteiger partial charge on any atom is -0.376 e. The van der Waals surface area contributed by atoms with Gasteiger partial charge >= 0.3 is 0 Å². The van der Waals surface area contributed by atoms with Crippen molar-refractivity contribution in [2.24, 2.45) is 5.73 Å². The summed E-state index contributed by atoms with van der Waals surface area (Å²) in [7, 11) is 1.67. The number of nitrogens with zero attached hydrogens (tertiary/aromatic N) is 2. The zero-order chi connectivity index (χ0) is 10.6. The van der Waals surface area contributed by atoms with Crippen molar-refractivity contribution in [1.29, 1.82) is 0 Å². The van der Waals surface area contributed by atoms with E-state index in [-0.39, 0.29) is 11.6 Å². The predicted molar refractivity (Wildman–Crippen MR) is 54.7 cm³/mol. The van der Waals surface area contributed by atoms with Gasteiger partial charge in [0.15, 0.2) is 0 Å². The van der Waals surface area contributed by atoms with Crippen LogP contribution in [0.15, 0.2) is 18.6 Å². The van der Waals surface area contributed by atoms with Crippen LogP contribution in [0.1, 0.15) is 32.0 Å². The van der Waals surface area contributed by atoms with Crippen molar-refractivity contribution < 1.29 is 4.74 Å². The van der Waals surface area contributed by atoms with Crippen LogP contribution < -0.4 is 5.73 Å². The molecular weight excluding hydrogens is 178 g/mol. The fourth-order valence-electron chi connectivity index (χ4n) is 1.28. The monoisotopic (exact) mass is 195 g/mol. The van der Waals surface area contributed by atoms with E-state index < -0.39 is 0 Å². The van der Waals surface area contributed by atoms with Crippen LogP contribution in [0.4, 0.5) is 0 Å². The van der Waals surface area contributed by atoms with Crippen LogP contribution in [0.5, 0.6) is 0 Å². The van der Waals surface area contributed by atoms with Gasteiger partial charge in [-0.15, -0.1) is 0 Å². The van der Waals surface area contributed by atoms with E-state index in [0.717, 1.165) is 12.1 Å². The van der Waals surface area contributed by atoms with E-state index in [2.05, 4.69) is 9.97 Å². The molecular formula is C10H17N3O. The fourth-order valence-corrected chi connectivity index (χ4v) is 1.28. The number of ether oxygens (including phenoxy) is 1. The van der Waals surface area contributed by atoms with Crippen LogP contribution >= 0.6 is 0 Å². The molecule has 0 fully saturated rings. The molecule has 2 unspecified atom stereocenters. The average molecular weight is 195 g/mol. The first kappa shape index (κ1) is 11.1. The first-order chi connectivity index (χ1) is 6.64. The summed E-state index contributed by atoms with van der Waals surface area (Å²) in [6.07, 6.45) is 5.78. The van der Waals surface area contributed by atoms with Crippen LogP contribution in [0.25, 0.3) is 0 Å². The van der Waals surface area contributed by atoms with Crippen LogP contribution in [0.2, 0.25) is 0 Å². The Bertz CT molecular complexity index is 272. The van der Waals surface area contributed by atoms with Crippen molar-refractivity contribution in [3.05, 3.63) is 24.3 Å². The third kappa shape index (κ3) is 2.08. The van der Waals surface area contributed by atoms with Gasteiger partial charge in [0, 0.05) is 19.5 Å². The first-order valence-corrected chi connectivity index (χ1v) is 4.70. The minimum atomic E-state index is -0.379. The van der Waals surface area contributed by atoms with Gasteiger partial charge in [-0.25, -0.2) is 0 Å². The highest BCUT2D eigenvalue weighted by atomic mass is 16.5. The van der Waals surface area contributed by atoms with Gasteiger partial charge in [0.05, 0.1) is 23.5 Å². The number of hydrogen-bond acceptors (Lipinski definition) is 4. The highest BCUT2D eigenvalue weighted by Crippen LogP contribution is 2.27. The Morgan fingerprint density at radius 3 is 2.71 bits per heavy atom. The Morgan fingerprint density at radius 2 is 2.29 bits per heavy atom. The van der Waals surface area contributed by atoms with E-state index in [0.29, 0.717) is 0 Å². The van der Waals surface area contributed by atoms with Gasteiger partial charge in [0.25, 0.3) is 0 Å². The lowest BCUT2D eigenvalue weighted by Gasteiger charge is -2.32. The lowest BCUT2D eigenvalue weighted by Crippen LogP contribution is -2.40. The molecule has 0 amide bonds. The number of nitrogens with two attached hydrogens (primary N) is 1. The third-order valence-electron chi connectivity index (χ3n) is 2.73. The highest BCUT2D eigenvalue weighted by Gasteiger charge is 2.31. The summed E-state index contributed by atoms with van der Waals surface area (Å²) < 4.78 is 5.41. The van der Waals surface area contributed by atoms with Gasteiger partial charge in [0.2, 0.25) is 0 Å². The van der Waals surface area contributed by atoms with Crippen LogP contribution in [-0.2, 0) is 4.74 Å². The quantitative estimate of drug-likeness (QED) is 0.786. The van der Waals surface area contributed by atoms with E-state index in [1.165, 1.54) is 0 Å². The van der Waals surface area contributed by atoms with Crippen molar-refractivity contribution >= 4 is 0 Å². The number of rotatable bonds is 4. The smallest absolute Gasteiger partial charge is 0.0855 e. The molecule has 1 heterocycles. The summed E-state index contributed by atoms with van der Waals surface area (Å²) in [5.41, 5.74) is 6.45. The van der Waals surface area contributed by atoms with E-state index in [4.69, 9.17) is 10.5 Å². The van der Waals surface area contributed by atoms with Crippen molar-refractivity contribution in [1.82, 2.24) is 9.97 Å². The molecule has 78 valence electrons. The molecule has 0 saturated carbocycles. The summed E-state index contributed by atoms with van der Waals surface area (Å²) >= 11 is 0. The third-order valence-corrected chi connectivity index (χ3v) is 2.73. The Labute approximate surface area is 84.5 Å². The Hall–Kier alpha value is -1.00. The molecule has 14 heavy (non-hydrogen) atoms. The summed E-state index contributed by atoms with van der Waals surface area (Å²) in [6, 6.07) is -0.244. The predicted octanol–water partition coefficient (Wildman–Crippen LogP) is 1.29. The van der Waals surface area contributed by atoms with Crippen LogP contribution in [-0.4, -0.2) is 22.7 Å². The molecule has 0 aliphatic rings. The minimum absolute atomic E-state index is 0.244. The first-order valence-electron chi connectivity index (χ1n) is 4.70. The van der Waals surface area contributed by atoms with Gasteiger partial charge in [-0.05, 0) is 13.3 Å². The Kier molecular flexibility index (Phi) is 3.55. The van der Waals surface area contributed by atoms with Gasteiger partial charge in [-0.2, -0.15) is 0 Å². The number of methoxy groups -OCH3 is 1. The Balaban J connectivity index is 2.89. The molecule has 4 heteroatoms. The summed E-state index contributed by atoms with van der Waals surface area (Å²) in [5, 5.41) is 0. The highest BCUT2D eigenvalue weighted by molar-refractivity contribution is 5.07. The standard InChI is InChI=1S/C10H17N3O/c1-4-10(2,14-3)9(11)8-7-12-5-6-13-8/h5-7,9H,4,11H2,1-3H3. The molecule has 0 aliphatic carbocycles. The molecule has 0 aliphatic heterocycles. The molecule has 0 spiro atoms. The van der Waals surface area contributed by atoms with E-state index in [1.54, 1.807) is 25.7 Å². The molecule has 1 aromatic rings. The maximum atomic E-state index is 6.07. The molecule has 0 saturated heterocycles. The largest absolute Gasteiger partial charge is 0.376 e. The normalized spacial score (nSPS) is 17.4. The Morgan fingerprint density at radius 1 is 1.57 bits per heavy atom. The average Bonchev–Trinajstić information content (AvgIpc) is 2.28. The van der Waals surface area contributed by atoms with Gasteiger partial charge in [0.1, 0.15) is 0 Å². The molecule has 0 bridgehead atoms. The number of hydrogen-bond donors (Lipinski definition) is 1. The van der Waals surface area contributed by atoms with E-state index in [9.17, 15) is 0 Å². The fraction of sp³-hybridized carbons (Fsp3) is 0.600. The molecule has 0 aromatic carbocycles. The maximum Gasteiger partial charge on any atom is 0.0855 e. The maximum absolute atomic E-state index is 6.07. The summed E-state index contributed by atoms with van der Waals surface area (Å²) in [5.74, 6) is 0. The summed E-state index contributed by atoms with van der Waals surface area (Å²) in [6.45, 7) is 4.02. The van der Waals surface area contributed by atoms with Crippen LogP contribution in [0, 0.1) is 0 Å². The second-order valence-electron chi connectivity index (χ2n) is 3.48. The van der Waals surface area contributed by atoms with Crippen molar-refractivity contribution in [3.63, 3.8) is 0 Å². The molecule has 0 radical (unpaired) electrons. The SMILES string of the molecule is CCC(C)(OC)C(N)c1cnccn1. The van der Waals surface area contributed by atoms with Crippen LogP contribution in [0.3, 0.4) is 0 Å². The van der Waals surface area contributed by atoms with Gasteiger partial charge in [-0.1, -0.05) is 6.92 Å². The van der Waals surface area contributed by atoms with Gasteiger partial charge in [-0.3, -0.25) is 9.97 Å². The molecule has 1 aromatic heterocycles. The van der Waals surface area contributed by atoms with Crippen molar-refractivity contribution in [2.45, 2.75) is 31.9 Å². The summed E-state index contributed by atoms with van der Waals surface area (Å²) in [4.78, 5) is 8.16. The topological polar surface area (TPSA) is 61.0 Å². The van der Waals surface area contributed by atoms with Crippen molar-refractivity contribution in [3.8, 4) is 0 Å². The van der Waals surface area contributed by atoms with Gasteiger partial charge < -0.3 is 10.5 Å². The second-order valence-corrected chi connectivity index (χ2v) is 3.48. The van der Waals surface area contributed by atoms with Crippen molar-refractivity contribution in [2.75, 3.05) is 7.11 Å². The second kappa shape index (κ2) is 4.48. The molecule has 2 atom stereocenters. The lowest BCUT2D eigenvalue weighted by molar-refractivity contribution is -0.0205. The molecule has 1 rings (SSSR count). The van der Waals surface area contributed by atoms with E-state index >= 15 is 0 Å². The lowest BCUT2D eigenvalue weighted by atomic mass is 9.92. The molecule has 2 N–H and O–H groups in total. The number of aromatic nitrogens is 2. The molecule has 4 nitrogen and oxygen atoms in total. The zero-order valence-corrected chi connectivity index (χ0v) is 8.90. The zero-order valence-electron chi connectivity index (χ0n) is 8.90.